The van der Waals surface area contributed by atoms with Crippen LogP contribution in [-0.2, 0) is 86.4 Å². The largest absolute Gasteiger partial charge is 0.508 e. The molecular formula is C69H94N18O17. The number of phenols is 2. The maximum absolute atomic E-state index is 15.0. The van der Waals surface area contributed by atoms with E-state index in [0.717, 1.165) is 0 Å². The quantitative estimate of drug-likeness (QED) is 0.0141. The molecule has 24 N–H and O–H groups in total. The Labute approximate surface area is 598 Å². The highest BCUT2D eigenvalue weighted by molar-refractivity contribution is 5.99. The summed E-state index contributed by atoms with van der Waals surface area (Å²) in [6.45, 7) is 2.94. The number of nitrogens with two attached hydrogens (primary N) is 4. The second-order valence-corrected chi connectivity index (χ2v) is 25.7. The molecule has 562 valence electrons. The van der Waals surface area contributed by atoms with Crippen LogP contribution < -0.4 is 81.4 Å². The first-order valence-electron chi connectivity index (χ1n) is 34.1. The third kappa shape index (κ3) is 25.8. The van der Waals surface area contributed by atoms with Gasteiger partial charge in [-0.05, 0) is 104 Å². The number of likely N-dealkylation sites (tertiary alicyclic amines) is 1. The van der Waals surface area contributed by atoms with Gasteiger partial charge in [0, 0.05) is 88.2 Å². The van der Waals surface area contributed by atoms with Crippen LogP contribution in [0.15, 0.2) is 91.1 Å². The van der Waals surface area contributed by atoms with Crippen LogP contribution in [0, 0.1) is 11.3 Å². The molecule has 0 unspecified atom stereocenters. The van der Waals surface area contributed by atoms with Crippen molar-refractivity contribution in [3.63, 3.8) is 0 Å². The number of guanidine groups is 1. The van der Waals surface area contributed by atoms with Crippen LogP contribution in [0.5, 0.6) is 11.5 Å². The number of nitrogens with one attached hydrogen (secondary N) is 13. The fourth-order valence-corrected chi connectivity index (χ4v) is 11.7. The van der Waals surface area contributed by atoms with E-state index in [1.54, 1.807) is 44.3 Å². The number of benzene rings is 3. The molecule has 3 heterocycles. The molecule has 0 bridgehead atoms. The summed E-state index contributed by atoms with van der Waals surface area (Å²) in [6, 6.07) is 2.80. The zero-order valence-electron chi connectivity index (χ0n) is 57.8. The third-order valence-corrected chi connectivity index (χ3v) is 17.3. The maximum atomic E-state index is 15.0. The van der Waals surface area contributed by atoms with E-state index in [1.165, 1.54) is 65.6 Å². The predicted molar refractivity (Wildman–Crippen MR) is 376 cm³/mol. The fraction of sp³-hybridized carbons (Fsp3) is 0.464. The summed E-state index contributed by atoms with van der Waals surface area (Å²) in [5.41, 5.74) is 24.4. The molecule has 4 aromatic rings. The first kappa shape index (κ1) is 81.3. The summed E-state index contributed by atoms with van der Waals surface area (Å²) in [6.07, 6.45) is 0.234. The molecule has 0 aliphatic carbocycles. The van der Waals surface area contributed by atoms with Gasteiger partial charge in [0.1, 0.15) is 71.9 Å². The average molecular weight is 1450 g/mol. The number of phenolic OH excluding ortho intramolecular Hbond substituents is 2. The highest BCUT2D eigenvalue weighted by atomic mass is 16.4. The number of hydrogen-bond acceptors (Lipinski definition) is 18. The smallest absolute Gasteiger partial charge is 0.303 e. The van der Waals surface area contributed by atoms with E-state index in [2.05, 4.69) is 63.5 Å². The van der Waals surface area contributed by atoms with Gasteiger partial charge >= 0.3 is 5.97 Å². The molecule has 0 saturated carbocycles. The van der Waals surface area contributed by atoms with Crippen molar-refractivity contribution in [2.45, 2.75) is 171 Å². The monoisotopic (exact) mass is 1450 g/mol. The second-order valence-electron chi connectivity index (χ2n) is 25.7. The predicted octanol–water partition coefficient (Wildman–Crippen LogP) is -3.30. The summed E-state index contributed by atoms with van der Waals surface area (Å²) >= 11 is 0. The normalized spacial score (nSPS) is 22.0. The minimum atomic E-state index is -1.76. The minimum Gasteiger partial charge on any atom is -0.508 e. The summed E-state index contributed by atoms with van der Waals surface area (Å²) in [5.74, 6) is -14.8. The van der Waals surface area contributed by atoms with E-state index >= 15 is 4.79 Å². The van der Waals surface area contributed by atoms with Crippen molar-refractivity contribution in [3.8, 4) is 11.5 Å². The SMILES string of the molecule is CC(C)[C@@H]1NC(=O)[C@H](NC(=O)[C@H](Cc2ccc(O)cc2)NC(=O)[C@@H]2CCCN2C(=O)CCN)CC=CC[C@H](C(N)=O)NC(=O)[C@H](CCC(=O)O)NC(=O)[C@H](Cc2c[nH]c3ccccc23)NC(=O)[C@H](CCC(N)=O)NC(=O)CCNC(=O)[C@H](CCCNC(=N)N)NC(=O)[C@H](Cc2ccc(O)cc2)NC1=O. The average Bonchev–Trinajstić information content (AvgIpc) is 1.66. The number of para-hydroxylation sites is 1. The van der Waals surface area contributed by atoms with Crippen molar-refractivity contribution in [2.24, 2.45) is 28.9 Å². The molecule has 35 heteroatoms. The Morgan fingerprint density at radius 1 is 0.654 bits per heavy atom. The number of nitrogens with zero attached hydrogens (tertiary/aromatic N) is 1. The van der Waals surface area contributed by atoms with Crippen molar-refractivity contribution in [1.29, 1.82) is 5.41 Å². The van der Waals surface area contributed by atoms with Crippen LogP contribution >= 0.6 is 0 Å². The van der Waals surface area contributed by atoms with Crippen LogP contribution in [-0.4, -0.2) is 201 Å². The van der Waals surface area contributed by atoms with Gasteiger partial charge in [-0.1, -0.05) is 68.5 Å². The Balaban J connectivity index is 1.43. The highest BCUT2D eigenvalue weighted by Crippen LogP contribution is 2.22. The van der Waals surface area contributed by atoms with Crippen LogP contribution in [0.3, 0.4) is 0 Å². The van der Waals surface area contributed by atoms with E-state index in [9.17, 15) is 77.6 Å². The Morgan fingerprint density at radius 3 is 1.88 bits per heavy atom. The van der Waals surface area contributed by atoms with E-state index < -0.39 is 207 Å². The number of carboxylic acid groups (broad SMARTS) is 1. The first-order chi connectivity index (χ1) is 49.5. The molecule has 104 heavy (non-hydrogen) atoms. The van der Waals surface area contributed by atoms with Gasteiger partial charge in [0.15, 0.2) is 5.96 Å². The van der Waals surface area contributed by atoms with E-state index in [1.807, 2.05) is 0 Å². The fourth-order valence-electron chi connectivity index (χ4n) is 11.7. The first-order valence-corrected chi connectivity index (χ1v) is 34.1. The molecule has 1 fully saturated rings. The molecule has 0 radical (unpaired) electrons. The number of aromatic nitrogens is 1. The van der Waals surface area contributed by atoms with Crippen molar-refractivity contribution in [2.75, 3.05) is 26.2 Å². The van der Waals surface area contributed by atoms with Crippen LogP contribution in [0.4, 0.5) is 0 Å². The van der Waals surface area contributed by atoms with Gasteiger partial charge in [0.05, 0.1) is 0 Å². The molecule has 1 saturated heterocycles. The van der Waals surface area contributed by atoms with Gasteiger partial charge in [-0.25, -0.2) is 0 Å². The number of rotatable bonds is 24. The Bertz CT molecular complexity index is 3770. The van der Waals surface area contributed by atoms with Gasteiger partial charge in [0.25, 0.3) is 0 Å². The maximum Gasteiger partial charge on any atom is 0.303 e. The Morgan fingerprint density at radius 2 is 1.24 bits per heavy atom. The van der Waals surface area contributed by atoms with Crippen LogP contribution in [0.25, 0.3) is 10.9 Å². The summed E-state index contributed by atoms with van der Waals surface area (Å²) in [4.78, 5) is 200. The number of aliphatic carboxylic acids is 1. The second kappa shape index (κ2) is 40.1. The number of primary amides is 2. The van der Waals surface area contributed by atoms with Crippen molar-refractivity contribution in [1.82, 2.24) is 68.4 Å². The zero-order valence-corrected chi connectivity index (χ0v) is 57.8. The number of carbonyl (C=O) groups is 14. The van der Waals surface area contributed by atoms with Crippen LogP contribution in [0.1, 0.15) is 108 Å². The number of aromatic hydroxyl groups is 2. The highest BCUT2D eigenvalue weighted by Gasteiger charge is 2.39. The van der Waals surface area contributed by atoms with Gasteiger partial charge in [-0.2, -0.15) is 0 Å². The van der Waals surface area contributed by atoms with Crippen LogP contribution in [0.2, 0.25) is 0 Å². The summed E-state index contributed by atoms with van der Waals surface area (Å²) in [7, 11) is 0. The lowest BCUT2D eigenvalue weighted by atomic mass is 9.99. The van der Waals surface area contributed by atoms with Gasteiger partial charge in [-0.15, -0.1) is 0 Å². The lowest BCUT2D eigenvalue weighted by molar-refractivity contribution is -0.139. The zero-order chi connectivity index (χ0) is 76.2. The van der Waals surface area contributed by atoms with E-state index in [-0.39, 0.29) is 76.1 Å². The number of fused-ring (bicyclic) bond motifs is 1. The molecule has 2 aliphatic rings. The van der Waals surface area contributed by atoms with Gasteiger partial charge < -0.3 is 107 Å². The molecule has 10 atom stereocenters. The molecular weight excluding hydrogens is 1350 g/mol. The van der Waals surface area contributed by atoms with Crippen molar-refractivity contribution >= 4 is 99.6 Å². The number of carboxylic acids is 1. The molecule has 35 nitrogen and oxygen atoms in total. The van der Waals surface area contributed by atoms with Gasteiger partial charge in [0.2, 0.25) is 76.8 Å². The molecule has 2 aliphatic heterocycles. The summed E-state index contributed by atoms with van der Waals surface area (Å²) in [5, 5.41) is 67.0. The summed E-state index contributed by atoms with van der Waals surface area (Å²) < 4.78 is 0. The lowest BCUT2D eigenvalue weighted by Crippen LogP contribution is -2.61. The molecule has 6 rings (SSSR count). The van der Waals surface area contributed by atoms with E-state index in [0.29, 0.717) is 34.0 Å². The van der Waals surface area contributed by atoms with Gasteiger partial charge in [-0.3, -0.25) is 72.5 Å². The lowest BCUT2D eigenvalue weighted by Gasteiger charge is -2.29. The number of H-pyrrole nitrogens is 1. The molecule has 0 spiro atoms. The number of amides is 13. The topological polar surface area (TPSA) is 579 Å². The Hall–Kier alpha value is -11.7. The minimum absolute atomic E-state index is 0.00444. The van der Waals surface area contributed by atoms with Crippen molar-refractivity contribution in [3.05, 3.63) is 108 Å². The number of aromatic amines is 1. The van der Waals surface area contributed by atoms with Crippen molar-refractivity contribution < 1.29 is 82.4 Å². The number of hydrogen-bond donors (Lipinski definition) is 20. The Kier molecular flexibility index (Phi) is 31.4. The number of carbonyl (C=O) groups excluding carboxylic acids is 13. The molecule has 3 aromatic carbocycles. The standard InChI is InChI=1S/C69H94N18O17/c1-37(2)58-68(104)85-51(34-39-17-21-42(89)22-18-39)65(101)80-46(13-7-30-76-69(73)74)60(96)75-31-28-55(91)78-48(23-25-54(71)90)61(97)83-52(35-40-36-77-44-10-4-3-9-43(40)44)66(102)82-49(24-26-57(93)94)62(98)79-45(59(72)95)11-5-6-12-47(63(99)86-58)81-64(100)50(33-38-15-19-41(88)20-16-38)84-67(103)53-14-8-32-87(53)56(92)27-29-70/h3-6,9-10,15-22,36-37,45-53,58,77,88-89H,7-8,11-14,23-35,70H2,1-2H3,(H2,71,90)(H2,72,95)(H,75,96)(H,78,91)(H,79,98)(H,80,101)(H,81,100)(H,82,102)(H,83,97)(H,84,103)(H,85,104)(H,86,99)(H,93,94)(H4,73,74,76)/t45-,46+,47-,48+,49+,50+,51+,52+,53+,58+/m1/s1. The van der Waals surface area contributed by atoms with E-state index in [4.69, 9.17) is 28.3 Å². The molecule has 13 amide bonds. The molecule has 1 aromatic heterocycles. The third-order valence-electron chi connectivity index (χ3n) is 17.3.